The van der Waals surface area contributed by atoms with Crippen molar-refractivity contribution in [2.24, 2.45) is 0 Å². The minimum absolute atomic E-state index is 0.0980. The van der Waals surface area contributed by atoms with Gasteiger partial charge in [0.2, 0.25) is 0 Å². The van der Waals surface area contributed by atoms with E-state index in [0.717, 1.165) is 13.8 Å². The minimum Gasteiger partial charge on any atom is -0.480 e. The Bertz CT molecular complexity index is 714. The minimum atomic E-state index is -3.99. The second-order valence-corrected chi connectivity index (χ2v) is 6.80. The number of hydrogen-bond acceptors (Lipinski definition) is 5. The third kappa shape index (κ3) is 1.67. The fourth-order valence-electron chi connectivity index (χ4n) is 1.41. The summed E-state index contributed by atoms with van der Waals surface area (Å²) in [4.78, 5) is 14.8. The van der Waals surface area contributed by atoms with E-state index < -0.39 is 20.6 Å². The molecule has 1 N–H and O–H groups in total. The van der Waals surface area contributed by atoms with Crippen LogP contribution in [-0.2, 0) is 14.6 Å². The quantitative estimate of drug-likeness (QED) is 0.906. The fraction of sp³-hybridized carbons (Fsp3) is 0.273. The molecule has 0 unspecified atom stereocenters. The number of hydrogen-bond donors (Lipinski definition) is 1. The summed E-state index contributed by atoms with van der Waals surface area (Å²) < 4.78 is 27.5. The average molecular weight is 269 g/mol. The molecule has 0 aliphatic carbocycles. The summed E-state index contributed by atoms with van der Waals surface area (Å²) in [6.07, 6.45) is 1.20. The van der Waals surface area contributed by atoms with Crippen LogP contribution < -0.4 is 0 Å². The zero-order valence-electron chi connectivity index (χ0n) is 9.75. The van der Waals surface area contributed by atoms with Crippen LogP contribution in [0.1, 0.15) is 13.8 Å². The zero-order chi connectivity index (χ0) is 13.6. The summed E-state index contributed by atoms with van der Waals surface area (Å²) in [7, 11) is -3.99. The van der Waals surface area contributed by atoms with E-state index in [4.69, 9.17) is 9.52 Å². The SMILES string of the molecule is CC(C)(C(=O)O)S(=O)(=O)c1ccc2ncoc2c1. The van der Waals surface area contributed by atoms with Crippen molar-refractivity contribution >= 4 is 26.9 Å². The van der Waals surface area contributed by atoms with Crippen LogP contribution in [0, 0.1) is 0 Å². The van der Waals surface area contributed by atoms with Gasteiger partial charge in [0.1, 0.15) is 5.52 Å². The van der Waals surface area contributed by atoms with E-state index in [2.05, 4.69) is 4.98 Å². The largest absolute Gasteiger partial charge is 0.480 e. The predicted molar refractivity (Wildman–Crippen MR) is 62.9 cm³/mol. The van der Waals surface area contributed by atoms with Gasteiger partial charge in [-0.2, -0.15) is 0 Å². The van der Waals surface area contributed by atoms with E-state index in [1.54, 1.807) is 0 Å². The van der Waals surface area contributed by atoms with Gasteiger partial charge in [0.05, 0.1) is 4.90 Å². The second-order valence-electron chi connectivity index (χ2n) is 4.30. The standard InChI is InChI=1S/C11H11NO5S/c1-11(2,10(13)14)18(15,16)7-3-4-8-9(5-7)17-6-12-8/h3-6H,1-2H3,(H,13,14). The van der Waals surface area contributed by atoms with Gasteiger partial charge < -0.3 is 9.52 Å². The van der Waals surface area contributed by atoms with E-state index in [1.807, 2.05) is 0 Å². The van der Waals surface area contributed by atoms with E-state index in [-0.39, 0.29) is 4.90 Å². The third-order valence-corrected chi connectivity index (χ3v) is 5.19. The maximum Gasteiger partial charge on any atom is 0.324 e. The van der Waals surface area contributed by atoms with Gasteiger partial charge in [0.15, 0.2) is 26.6 Å². The maximum atomic E-state index is 12.2. The summed E-state index contributed by atoms with van der Waals surface area (Å²) in [5, 5.41) is 9.00. The summed E-state index contributed by atoms with van der Waals surface area (Å²) in [6.45, 7) is 2.30. The maximum absolute atomic E-state index is 12.2. The molecule has 0 radical (unpaired) electrons. The monoisotopic (exact) mass is 269 g/mol. The lowest BCUT2D eigenvalue weighted by Crippen LogP contribution is -2.40. The van der Waals surface area contributed by atoms with Crippen LogP contribution in [0.15, 0.2) is 33.9 Å². The van der Waals surface area contributed by atoms with Crippen molar-refractivity contribution in [1.29, 1.82) is 0 Å². The lowest BCUT2D eigenvalue weighted by molar-refractivity contribution is -0.139. The molecule has 6 nitrogen and oxygen atoms in total. The number of sulfone groups is 1. The van der Waals surface area contributed by atoms with Crippen LogP contribution in [-0.4, -0.2) is 29.2 Å². The Balaban J connectivity index is 2.63. The second kappa shape index (κ2) is 3.81. The first-order chi connectivity index (χ1) is 8.26. The highest BCUT2D eigenvalue weighted by Gasteiger charge is 2.43. The molecule has 1 aromatic heterocycles. The lowest BCUT2D eigenvalue weighted by Gasteiger charge is -2.19. The predicted octanol–water partition coefficient (Wildman–Crippen LogP) is 1.46. The summed E-state index contributed by atoms with van der Waals surface area (Å²) in [6, 6.07) is 4.08. The van der Waals surface area contributed by atoms with Crippen molar-refractivity contribution in [1.82, 2.24) is 4.98 Å². The van der Waals surface area contributed by atoms with E-state index in [9.17, 15) is 13.2 Å². The molecule has 1 heterocycles. The van der Waals surface area contributed by atoms with E-state index >= 15 is 0 Å². The molecule has 18 heavy (non-hydrogen) atoms. The summed E-state index contributed by atoms with van der Waals surface area (Å²) in [5.74, 6) is -1.40. The molecule has 0 spiro atoms. The molecule has 0 fully saturated rings. The molecule has 0 aliphatic heterocycles. The van der Waals surface area contributed by atoms with Crippen molar-refractivity contribution in [3.8, 4) is 0 Å². The molecule has 7 heteroatoms. The highest BCUT2D eigenvalue weighted by molar-refractivity contribution is 7.93. The number of aliphatic carboxylic acids is 1. The van der Waals surface area contributed by atoms with Gasteiger partial charge in [-0.1, -0.05) is 0 Å². The highest BCUT2D eigenvalue weighted by atomic mass is 32.2. The van der Waals surface area contributed by atoms with Crippen LogP contribution in [0.3, 0.4) is 0 Å². The molecule has 96 valence electrons. The van der Waals surface area contributed by atoms with Crippen LogP contribution in [0.25, 0.3) is 11.1 Å². The zero-order valence-corrected chi connectivity index (χ0v) is 10.6. The van der Waals surface area contributed by atoms with Gasteiger partial charge in [-0.3, -0.25) is 4.79 Å². The van der Waals surface area contributed by atoms with Crippen LogP contribution in [0.5, 0.6) is 0 Å². The number of oxazole rings is 1. The summed E-state index contributed by atoms with van der Waals surface area (Å²) in [5.41, 5.74) is 0.819. The first-order valence-electron chi connectivity index (χ1n) is 5.08. The van der Waals surface area contributed by atoms with Gasteiger partial charge in [0.25, 0.3) is 0 Å². The van der Waals surface area contributed by atoms with Crippen LogP contribution in [0.2, 0.25) is 0 Å². The Morgan fingerprint density at radius 2 is 2.06 bits per heavy atom. The highest BCUT2D eigenvalue weighted by Crippen LogP contribution is 2.27. The van der Waals surface area contributed by atoms with Crippen molar-refractivity contribution < 1.29 is 22.7 Å². The van der Waals surface area contributed by atoms with Crippen LogP contribution in [0.4, 0.5) is 0 Å². The topological polar surface area (TPSA) is 97.5 Å². The Kier molecular flexibility index (Phi) is 2.66. The van der Waals surface area contributed by atoms with Gasteiger partial charge in [0, 0.05) is 6.07 Å². The number of carboxylic acid groups (broad SMARTS) is 1. The van der Waals surface area contributed by atoms with E-state index in [0.29, 0.717) is 11.1 Å². The van der Waals surface area contributed by atoms with E-state index in [1.165, 1.54) is 24.6 Å². The molecule has 0 saturated carbocycles. The Labute approximate surface area is 103 Å². The molecule has 0 saturated heterocycles. The number of carboxylic acids is 1. The van der Waals surface area contributed by atoms with Crippen molar-refractivity contribution in [3.05, 3.63) is 24.6 Å². The Morgan fingerprint density at radius 3 is 2.67 bits per heavy atom. The third-order valence-electron chi connectivity index (χ3n) is 2.80. The first-order valence-corrected chi connectivity index (χ1v) is 6.56. The lowest BCUT2D eigenvalue weighted by atomic mass is 10.2. The first kappa shape index (κ1) is 12.6. The van der Waals surface area contributed by atoms with Crippen molar-refractivity contribution in [3.63, 3.8) is 0 Å². The number of rotatable bonds is 3. The fourth-order valence-corrected chi connectivity index (χ4v) is 2.74. The van der Waals surface area contributed by atoms with Crippen LogP contribution >= 0.6 is 0 Å². The molecule has 1 aromatic carbocycles. The number of benzene rings is 1. The van der Waals surface area contributed by atoms with Gasteiger partial charge in [-0.25, -0.2) is 13.4 Å². The number of fused-ring (bicyclic) bond motifs is 1. The molecule has 2 aromatic rings. The van der Waals surface area contributed by atoms with Crippen molar-refractivity contribution in [2.45, 2.75) is 23.5 Å². The van der Waals surface area contributed by atoms with Gasteiger partial charge in [-0.05, 0) is 26.0 Å². The molecule has 0 aliphatic rings. The molecule has 0 amide bonds. The Hall–Kier alpha value is -1.89. The summed E-state index contributed by atoms with van der Waals surface area (Å²) >= 11 is 0. The molecule has 0 atom stereocenters. The van der Waals surface area contributed by atoms with Crippen molar-refractivity contribution in [2.75, 3.05) is 0 Å². The molecular weight excluding hydrogens is 258 g/mol. The normalized spacial score (nSPS) is 12.8. The average Bonchev–Trinajstić information content (AvgIpc) is 2.75. The van der Waals surface area contributed by atoms with Gasteiger partial charge in [-0.15, -0.1) is 0 Å². The molecular formula is C11H11NO5S. The number of nitrogens with zero attached hydrogens (tertiary/aromatic N) is 1. The Morgan fingerprint density at radius 1 is 1.39 bits per heavy atom. The molecule has 2 rings (SSSR count). The smallest absolute Gasteiger partial charge is 0.324 e. The number of carbonyl (C=O) groups is 1. The number of aromatic nitrogens is 1. The molecule has 0 bridgehead atoms. The van der Waals surface area contributed by atoms with Gasteiger partial charge >= 0.3 is 5.97 Å².